The lowest BCUT2D eigenvalue weighted by Gasteiger charge is -2.34. The molecule has 4 aromatic rings. The van der Waals surface area contributed by atoms with E-state index in [1.807, 2.05) is 23.1 Å². The van der Waals surface area contributed by atoms with Gasteiger partial charge in [0.25, 0.3) is 5.91 Å². The summed E-state index contributed by atoms with van der Waals surface area (Å²) < 4.78 is 6.57. The van der Waals surface area contributed by atoms with Crippen molar-refractivity contribution in [3.8, 4) is 11.3 Å². The highest BCUT2D eigenvalue weighted by Crippen LogP contribution is 2.34. The Morgan fingerprint density at radius 2 is 1.94 bits per heavy atom. The molecule has 1 aliphatic heterocycles. The summed E-state index contributed by atoms with van der Waals surface area (Å²) >= 11 is 9.78. The number of benzene rings is 2. The molecule has 0 spiro atoms. The van der Waals surface area contributed by atoms with Gasteiger partial charge in [-0.15, -0.1) is 11.8 Å². The highest BCUT2D eigenvalue weighted by Gasteiger charge is 2.30. The van der Waals surface area contributed by atoms with Crippen LogP contribution in [0.1, 0.15) is 16.1 Å². The summed E-state index contributed by atoms with van der Waals surface area (Å²) in [5.74, 6) is 0.426. The van der Waals surface area contributed by atoms with Crippen LogP contribution in [-0.2, 0) is 0 Å². The number of aromatic nitrogens is 2. The van der Waals surface area contributed by atoms with Gasteiger partial charge in [-0.2, -0.15) is 0 Å². The Labute approximate surface area is 199 Å². The number of anilines is 1. The average Bonchev–Trinajstić information content (AvgIpc) is 3.42. The number of hydrogen-bond donors (Lipinski definition) is 0. The molecule has 5 rings (SSSR count). The molecule has 164 valence electrons. The molecule has 9 heteroatoms. The second-order valence-electron chi connectivity index (χ2n) is 7.55. The van der Waals surface area contributed by atoms with Crippen LogP contribution in [0.25, 0.3) is 21.5 Å². The molecule has 1 fully saturated rings. The number of halogens is 1. The average molecular weight is 485 g/mol. The molecular formula is C23H21ClN4O2S2. The molecule has 3 heterocycles. The fourth-order valence-corrected chi connectivity index (χ4v) is 5.67. The molecule has 0 atom stereocenters. The predicted octanol–water partition coefficient (Wildman–Crippen LogP) is 5.60. The van der Waals surface area contributed by atoms with Gasteiger partial charge < -0.3 is 14.3 Å². The second kappa shape index (κ2) is 8.77. The summed E-state index contributed by atoms with van der Waals surface area (Å²) in [7, 11) is 0. The van der Waals surface area contributed by atoms with Gasteiger partial charge in [0, 0.05) is 36.6 Å². The zero-order valence-corrected chi connectivity index (χ0v) is 20.1. The number of carbonyl (C=O) groups excluding carboxylic acids is 1. The van der Waals surface area contributed by atoms with Gasteiger partial charge in [-0.25, -0.2) is 4.98 Å². The van der Waals surface area contributed by atoms with E-state index in [4.69, 9.17) is 21.1 Å². The minimum atomic E-state index is -0.0766. The molecular weight excluding hydrogens is 464 g/mol. The third-order valence-corrected chi connectivity index (χ3v) is 7.76. The quantitative estimate of drug-likeness (QED) is 0.351. The lowest BCUT2D eigenvalue weighted by atomic mass is 10.0. The number of fused-ring (bicyclic) bond motifs is 1. The number of hydrogen-bond acceptors (Lipinski definition) is 7. The molecule has 0 radical (unpaired) electrons. The summed E-state index contributed by atoms with van der Waals surface area (Å²) in [6.07, 6.45) is 2.08. The SMILES string of the molecule is CSc1ccc2nc(N3CCN(C(=O)c4c(-c5ccccc5Cl)noc4C)CC3)sc2c1. The standard InChI is InChI=1S/C23H21ClN4O2S2/c1-14-20(21(26-30-14)16-5-3-4-6-17(16)24)22(29)27-9-11-28(12-10-27)23-25-18-8-7-15(31-2)13-19(18)32-23/h3-8,13H,9-12H2,1-2H3. The van der Waals surface area contributed by atoms with Crippen LogP contribution in [0.15, 0.2) is 51.9 Å². The van der Waals surface area contributed by atoms with Crippen LogP contribution in [0.5, 0.6) is 0 Å². The minimum Gasteiger partial charge on any atom is -0.360 e. The number of thiazole rings is 1. The lowest BCUT2D eigenvalue weighted by molar-refractivity contribution is 0.0745. The highest BCUT2D eigenvalue weighted by atomic mass is 35.5. The number of amides is 1. The van der Waals surface area contributed by atoms with Gasteiger partial charge in [-0.05, 0) is 37.4 Å². The van der Waals surface area contributed by atoms with Gasteiger partial charge in [0.2, 0.25) is 0 Å². The molecule has 0 bridgehead atoms. The van der Waals surface area contributed by atoms with Crippen molar-refractivity contribution in [2.75, 3.05) is 37.3 Å². The van der Waals surface area contributed by atoms with Crippen LogP contribution in [0.4, 0.5) is 5.13 Å². The molecule has 6 nitrogen and oxygen atoms in total. The number of thioether (sulfide) groups is 1. The Balaban J connectivity index is 1.34. The summed E-state index contributed by atoms with van der Waals surface area (Å²) in [6, 6.07) is 13.7. The van der Waals surface area contributed by atoms with Crippen LogP contribution in [0, 0.1) is 6.92 Å². The number of aryl methyl sites for hydroxylation is 1. The Morgan fingerprint density at radius 1 is 1.16 bits per heavy atom. The number of carbonyl (C=O) groups is 1. The predicted molar refractivity (Wildman–Crippen MR) is 131 cm³/mol. The summed E-state index contributed by atoms with van der Waals surface area (Å²) in [5.41, 5.74) is 2.70. The maximum absolute atomic E-state index is 13.4. The van der Waals surface area contributed by atoms with Gasteiger partial charge in [-0.3, -0.25) is 4.79 Å². The van der Waals surface area contributed by atoms with Gasteiger partial charge >= 0.3 is 0 Å². The van der Waals surface area contributed by atoms with Crippen LogP contribution in [0.2, 0.25) is 5.02 Å². The molecule has 32 heavy (non-hydrogen) atoms. The second-order valence-corrected chi connectivity index (χ2v) is 9.85. The third-order valence-electron chi connectivity index (χ3n) is 5.63. The van der Waals surface area contributed by atoms with Crippen molar-refractivity contribution < 1.29 is 9.32 Å². The Hall–Kier alpha value is -2.55. The molecule has 0 aliphatic carbocycles. The maximum atomic E-state index is 13.4. The monoisotopic (exact) mass is 484 g/mol. The Bertz CT molecular complexity index is 1290. The van der Waals surface area contributed by atoms with E-state index in [-0.39, 0.29) is 5.91 Å². The Kier molecular flexibility index (Phi) is 5.84. The normalized spacial score (nSPS) is 14.3. The van der Waals surface area contributed by atoms with Crippen molar-refractivity contribution in [2.24, 2.45) is 0 Å². The van der Waals surface area contributed by atoms with Crippen LogP contribution >= 0.6 is 34.7 Å². The largest absolute Gasteiger partial charge is 0.360 e. The van der Waals surface area contributed by atoms with E-state index in [0.29, 0.717) is 40.7 Å². The smallest absolute Gasteiger partial charge is 0.259 e. The first-order chi connectivity index (χ1) is 15.5. The van der Waals surface area contributed by atoms with Crippen molar-refractivity contribution in [3.05, 3.63) is 58.8 Å². The first-order valence-electron chi connectivity index (χ1n) is 10.2. The van der Waals surface area contributed by atoms with Crippen molar-refractivity contribution in [1.82, 2.24) is 15.0 Å². The van der Waals surface area contributed by atoms with E-state index in [0.717, 1.165) is 23.7 Å². The molecule has 0 saturated carbocycles. The molecule has 2 aromatic carbocycles. The lowest BCUT2D eigenvalue weighted by Crippen LogP contribution is -2.49. The zero-order chi connectivity index (χ0) is 22.2. The maximum Gasteiger partial charge on any atom is 0.259 e. The first kappa shape index (κ1) is 21.3. The van der Waals surface area contributed by atoms with Crippen molar-refractivity contribution in [3.63, 3.8) is 0 Å². The number of nitrogens with zero attached hydrogens (tertiary/aromatic N) is 4. The van der Waals surface area contributed by atoms with Gasteiger partial charge in [-0.1, -0.05) is 46.3 Å². The summed E-state index contributed by atoms with van der Waals surface area (Å²) in [4.78, 5) is 23.5. The minimum absolute atomic E-state index is 0.0766. The van der Waals surface area contributed by atoms with E-state index >= 15 is 0 Å². The molecule has 2 aromatic heterocycles. The molecule has 1 amide bonds. The van der Waals surface area contributed by atoms with Gasteiger partial charge in [0.15, 0.2) is 5.13 Å². The fourth-order valence-electron chi connectivity index (χ4n) is 3.88. The molecule has 0 unspecified atom stereocenters. The van der Waals surface area contributed by atoms with E-state index in [1.165, 1.54) is 9.60 Å². The topological polar surface area (TPSA) is 62.5 Å². The van der Waals surface area contributed by atoms with Gasteiger partial charge in [0.1, 0.15) is 17.0 Å². The third kappa shape index (κ3) is 3.87. The van der Waals surface area contributed by atoms with E-state index in [9.17, 15) is 4.79 Å². The Morgan fingerprint density at radius 3 is 2.69 bits per heavy atom. The zero-order valence-electron chi connectivity index (χ0n) is 17.7. The first-order valence-corrected chi connectivity index (χ1v) is 12.7. The van der Waals surface area contributed by atoms with Crippen LogP contribution < -0.4 is 4.90 Å². The summed E-state index contributed by atoms with van der Waals surface area (Å²) in [6.45, 7) is 4.44. The number of rotatable bonds is 4. The van der Waals surface area contributed by atoms with E-state index in [1.54, 1.807) is 36.1 Å². The molecule has 1 aliphatic rings. The highest BCUT2D eigenvalue weighted by molar-refractivity contribution is 7.98. The van der Waals surface area contributed by atoms with Crippen molar-refractivity contribution in [2.45, 2.75) is 11.8 Å². The molecule has 1 saturated heterocycles. The summed E-state index contributed by atoms with van der Waals surface area (Å²) in [5, 5.41) is 5.68. The van der Waals surface area contributed by atoms with Crippen molar-refractivity contribution >= 4 is 56.0 Å². The molecule has 0 N–H and O–H groups in total. The van der Waals surface area contributed by atoms with Crippen molar-refractivity contribution in [1.29, 1.82) is 0 Å². The van der Waals surface area contributed by atoms with E-state index in [2.05, 4.69) is 34.5 Å². The van der Waals surface area contributed by atoms with E-state index < -0.39 is 0 Å². The van der Waals surface area contributed by atoms with Crippen LogP contribution in [0.3, 0.4) is 0 Å². The number of piperazine rings is 1. The van der Waals surface area contributed by atoms with Crippen LogP contribution in [-0.4, -0.2) is 53.4 Å². The fraction of sp³-hybridized carbons (Fsp3) is 0.261. The van der Waals surface area contributed by atoms with Gasteiger partial charge in [0.05, 0.1) is 15.2 Å².